The summed E-state index contributed by atoms with van der Waals surface area (Å²) in [5, 5.41) is 0.735. The molecule has 210 valence electrons. The Morgan fingerprint density at radius 2 is 1.75 bits per heavy atom. The summed E-state index contributed by atoms with van der Waals surface area (Å²) in [6.45, 7) is 4.38. The maximum absolute atomic E-state index is 14.0. The normalized spacial score (nSPS) is 17.4. The smallest absolute Gasteiger partial charge is 0.416 e. The van der Waals surface area contributed by atoms with Crippen LogP contribution in [0.5, 0.6) is 5.75 Å². The van der Waals surface area contributed by atoms with Gasteiger partial charge in [-0.2, -0.15) is 13.2 Å². The molecule has 0 amide bonds. The van der Waals surface area contributed by atoms with Gasteiger partial charge in [0, 0.05) is 34.8 Å². The zero-order valence-electron chi connectivity index (χ0n) is 22.1. The number of rotatable bonds is 7. The quantitative estimate of drug-likeness (QED) is 0.219. The summed E-state index contributed by atoms with van der Waals surface area (Å²) in [5.41, 5.74) is -0.519. The first-order chi connectivity index (χ1) is 18.9. The highest BCUT2D eigenvalue weighted by atomic mass is 19.4. The van der Waals surface area contributed by atoms with Crippen molar-refractivity contribution in [2.45, 2.75) is 32.9 Å². The number of carbonyl (C=O) groups excluding carboxylic acids is 2. The summed E-state index contributed by atoms with van der Waals surface area (Å²) >= 11 is 0. The molecule has 2 unspecified atom stereocenters. The maximum Gasteiger partial charge on any atom is 0.416 e. The number of aryl methyl sites for hydroxylation is 1. The van der Waals surface area contributed by atoms with E-state index in [9.17, 15) is 27.6 Å². The molecular formula is C29H26F3NO7. The van der Waals surface area contributed by atoms with Crippen LogP contribution in [0.15, 0.2) is 74.0 Å². The molecule has 1 aliphatic rings. The van der Waals surface area contributed by atoms with Crippen molar-refractivity contribution in [1.29, 1.82) is 0 Å². The van der Waals surface area contributed by atoms with E-state index in [1.54, 1.807) is 19.1 Å². The van der Waals surface area contributed by atoms with Gasteiger partial charge in [0.1, 0.15) is 30.5 Å². The van der Waals surface area contributed by atoms with Crippen LogP contribution in [0.4, 0.5) is 13.2 Å². The molecule has 1 aliphatic heterocycles. The van der Waals surface area contributed by atoms with Crippen LogP contribution >= 0.6 is 0 Å². The third-order valence-electron chi connectivity index (χ3n) is 6.61. The van der Waals surface area contributed by atoms with Gasteiger partial charge in [-0.15, -0.1) is 0 Å². The third kappa shape index (κ3) is 5.78. The van der Waals surface area contributed by atoms with Gasteiger partial charge in [0.2, 0.25) is 0 Å². The lowest BCUT2D eigenvalue weighted by Gasteiger charge is -2.32. The number of hydrogen-bond acceptors (Lipinski definition) is 8. The van der Waals surface area contributed by atoms with Gasteiger partial charge in [-0.3, -0.25) is 9.79 Å². The summed E-state index contributed by atoms with van der Waals surface area (Å²) in [7, 11) is 1.11. The fourth-order valence-electron chi connectivity index (χ4n) is 4.86. The zero-order chi connectivity index (χ0) is 29.2. The van der Waals surface area contributed by atoms with Crippen molar-refractivity contribution in [3.63, 3.8) is 0 Å². The SMILES string of the molecule is COC(=O)C1C(C)=NC(C)=C(C(=O)OCCOc2ccc3c(C)cc(=O)oc3c2)C1c1ccccc1C(F)(F)F. The molecule has 2 atom stereocenters. The van der Waals surface area contributed by atoms with Crippen molar-refractivity contribution in [1.82, 2.24) is 0 Å². The van der Waals surface area contributed by atoms with Crippen molar-refractivity contribution < 1.29 is 41.4 Å². The minimum absolute atomic E-state index is 0.105. The molecule has 0 bridgehead atoms. The molecule has 4 rings (SSSR count). The van der Waals surface area contributed by atoms with Crippen LogP contribution in [0.2, 0.25) is 0 Å². The van der Waals surface area contributed by atoms with E-state index in [-0.39, 0.29) is 35.8 Å². The fraction of sp³-hybridized carbons (Fsp3) is 0.310. The molecule has 2 heterocycles. The summed E-state index contributed by atoms with van der Waals surface area (Å²) in [6, 6.07) is 11.0. The molecule has 0 spiro atoms. The molecular weight excluding hydrogens is 531 g/mol. The first-order valence-corrected chi connectivity index (χ1v) is 12.3. The van der Waals surface area contributed by atoms with Gasteiger partial charge in [0.25, 0.3) is 0 Å². The summed E-state index contributed by atoms with van der Waals surface area (Å²) in [6.07, 6.45) is -4.74. The van der Waals surface area contributed by atoms with E-state index in [1.165, 1.54) is 44.2 Å². The van der Waals surface area contributed by atoms with Crippen LogP contribution in [0.25, 0.3) is 11.0 Å². The molecule has 0 N–H and O–H groups in total. The van der Waals surface area contributed by atoms with Gasteiger partial charge in [0.05, 0.1) is 18.2 Å². The van der Waals surface area contributed by atoms with E-state index in [0.29, 0.717) is 11.3 Å². The van der Waals surface area contributed by atoms with Crippen LogP contribution in [0, 0.1) is 12.8 Å². The Balaban J connectivity index is 1.58. The minimum atomic E-state index is -4.74. The van der Waals surface area contributed by atoms with Gasteiger partial charge in [0.15, 0.2) is 0 Å². The average molecular weight is 558 g/mol. The molecule has 3 aromatic rings. The van der Waals surface area contributed by atoms with E-state index in [1.807, 2.05) is 0 Å². The largest absolute Gasteiger partial charge is 0.490 e. The molecule has 0 saturated carbocycles. The Labute approximate surface area is 227 Å². The minimum Gasteiger partial charge on any atom is -0.490 e. The second-order valence-electron chi connectivity index (χ2n) is 9.21. The first kappa shape index (κ1) is 28.6. The topological polar surface area (TPSA) is 104 Å². The predicted octanol–water partition coefficient (Wildman–Crippen LogP) is 5.36. The molecule has 1 aromatic heterocycles. The number of fused-ring (bicyclic) bond motifs is 1. The lowest BCUT2D eigenvalue weighted by Crippen LogP contribution is -2.37. The van der Waals surface area contributed by atoms with Crippen molar-refractivity contribution in [3.05, 3.63) is 86.9 Å². The highest BCUT2D eigenvalue weighted by Gasteiger charge is 2.46. The maximum atomic E-state index is 14.0. The van der Waals surface area contributed by atoms with Crippen LogP contribution in [0.1, 0.15) is 36.5 Å². The Hall–Kier alpha value is -4.41. The average Bonchev–Trinajstić information content (AvgIpc) is 2.89. The highest BCUT2D eigenvalue weighted by molar-refractivity contribution is 6.07. The summed E-state index contributed by atoms with van der Waals surface area (Å²) in [5.74, 6) is -4.03. The van der Waals surface area contributed by atoms with Gasteiger partial charge in [-0.05, 0) is 50.1 Å². The fourth-order valence-corrected chi connectivity index (χ4v) is 4.86. The van der Waals surface area contributed by atoms with Gasteiger partial charge in [-0.1, -0.05) is 18.2 Å². The van der Waals surface area contributed by atoms with Crippen LogP contribution in [-0.2, 0) is 25.2 Å². The number of carbonyl (C=O) groups is 2. The molecule has 11 heteroatoms. The number of halogens is 3. The number of benzene rings is 2. The third-order valence-corrected chi connectivity index (χ3v) is 6.61. The molecule has 0 saturated heterocycles. The number of aliphatic imine (C=N–C) groups is 1. The Morgan fingerprint density at radius 1 is 1.02 bits per heavy atom. The molecule has 40 heavy (non-hydrogen) atoms. The number of nitrogens with zero attached hydrogens (tertiary/aromatic N) is 1. The predicted molar refractivity (Wildman–Crippen MR) is 139 cm³/mol. The molecule has 8 nitrogen and oxygen atoms in total. The molecule has 0 radical (unpaired) electrons. The standard InChI is InChI=1S/C29H26F3NO7/c1-15-13-23(34)40-22-14-18(9-10-19(15)22)38-11-12-39-28(36)25-17(3)33-16(2)24(27(35)37-4)26(25)20-7-5-6-8-21(20)29(30,31)32/h5-10,13-14,24,26H,11-12H2,1-4H3. The Morgan fingerprint density at radius 3 is 2.45 bits per heavy atom. The van der Waals surface area contributed by atoms with Gasteiger partial charge < -0.3 is 18.6 Å². The second kappa shape index (κ2) is 11.4. The Kier molecular flexibility index (Phi) is 8.13. The van der Waals surface area contributed by atoms with E-state index < -0.39 is 41.1 Å². The monoisotopic (exact) mass is 557 g/mol. The summed E-state index contributed by atoms with van der Waals surface area (Å²) in [4.78, 5) is 42.0. The van der Waals surface area contributed by atoms with E-state index in [4.69, 9.17) is 18.6 Å². The summed E-state index contributed by atoms with van der Waals surface area (Å²) < 4.78 is 63.0. The molecule has 2 aromatic carbocycles. The van der Waals surface area contributed by atoms with Crippen molar-refractivity contribution in [2.24, 2.45) is 10.9 Å². The van der Waals surface area contributed by atoms with E-state index in [0.717, 1.165) is 24.1 Å². The lowest BCUT2D eigenvalue weighted by atomic mass is 9.74. The van der Waals surface area contributed by atoms with Crippen molar-refractivity contribution in [2.75, 3.05) is 20.3 Å². The zero-order valence-corrected chi connectivity index (χ0v) is 22.1. The second-order valence-corrected chi connectivity index (χ2v) is 9.21. The Bertz CT molecular complexity index is 1590. The molecule has 0 aliphatic carbocycles. The number of allylic oxidation sites excluding steroid dienone is 1. The van der Waals surface area contributed by atoms with E-state index >= 15 is 0 Å². The van der Waals surface area contributed by atoms with Crippen LogP contribution in [-0.4, -0.2) is 38.0 Å². The van der Waals surface area contributed by atoms with Gasteiger partial charge in [-0.25, -0.2) is 9.59 Å². The van der Waals surface area contributed by atoms with Crippen molar-refractivity contribution >= 4 is 28.6 Å². The molecule has 0 fully saturated rings. The van der Waals surface area contributed by atoms with Crippen LogP contribution in [0.3, 0.4) is 0 Å². The number of ether oxygens (including phenoxy) is 3. The van der Waals surface area contributed by atoms with E-state index in [2.05, 4.69) is 4.99 Å². The highest BCUT2D eigenvalue weighted by Crippen LogP contribution is 2.44. The van der Waals surface area contributed by atoms with Crippen molar-refractivity contribution in [3.8, 4) is 5.75 Å². The van der Waals surface area contributed by atoms with Gasteiger partial charge >= 0.3 is 23.7 Å². The number of esters is 2. The lowest BCUT2D eigenvalue weighted by molar-refractivity contribution is -0.145. The number of methoxy groups -OCH3 is 1. The van der Waals surface area contributed by atoms with Crippen LogP contribution < -0.4 is 10.4 Å². The number of hydrogen-bond donors (Lipinski definition) is 0. The number of alkyl halides is 3. The first-order valence-electron chi connectivity index (χ1n) is 12.3.